The highest BCUT2D eigenvalue weighted by Gasteiger charge is 2.49. The van der Waals surface area contributed by atoms with Crippen LogP contribution >= 0.6 is 0 Å². The summed E-state index contributed by atoms with van der Waals surface area (Å²) >= 11 is 0. The third-order valence-corrected chi connectivity index (χ3v) is 5.81. The Bertz CT molecular complexity index is 1030. The largest absolute Gasteiger partial charge is 0.487 e. The Morgan fingerprint density at radius 1 is 1.17 bits per heavy atom. The van der Waals surface area contributed by atoms with Gasteiger partial charge in [0.05, 0.1) is 22.6 Å². The summed E-state index contributed by atoms with van der Waals surface area (Å²) in [5.74, 6) is -3.29. The predicted molar refractivity (Wildman–Crippen MR) is 98.0 cm³/mol. The molecule has 1 fully saturated rings. The van der Waals surface area contributed by atoms with Crippen molar-refractivity contribution in [2.45, 2.75) is 43.4 Å². The maximum Gasteiger partial charge on any atom is 0.419 e. The van der Waals surface area contributed by atoms with Crippen LogP contribution in [0.1, 0.15) is 47.2 Å². The number of carbonyl (C=O) groups is 2. The highest BCUT2D eigenvalue weighted by Crippen LogP contribution is 2.48. The number of benzene rings is 2. The number of fused-ring (bicyclic) bond motifs is 2. The second-order valence-corrected chi connectivity index (χ2v) is 7.53. The number of halogens is 4. The molecule has 158 valence electrons. The van der Waals surface area contributed by atoms with E-state index in [1.54, 1.807) is 6.07 Å². The molecular weight excluding hydrogens is 406 g/mol. The maximum atomic E-state index is 14.2. The van der Waals surface area contributed by atoms with Crippen LogP contribution in [0.25, 0.3) is 0 Å². The Balaban J connectivity index is 1.54. The standard InChI is InChI=1S/C21H17F4NO4/c22-17-13(21(23,24)25)2-1-3-16(17)30-12-6-8-20(9-7-12)14-10-11(18(27)28)4-5-15(14)26-19(20)29/h1-5,10,12H,6-9H2,(H,26,29)(H,27,28)/t12-,20-. The second kappa shape index (κ2) is 7.00. The highest BCUT2D eigenvalue weighted by molar-refractivity contribution is 6.07. The van der Waals surface area contributed by atoms with Gasteiger partial charge in [0.15, 0.2) is 11.6 Å². The van der Waals surface area contributed by atoms with Gasteiger partial charge in [0.25, 0.3) is 0 Å². The summed E-state index contributed by atoms with van der Waals surface area (Å²) in [7, 11) is 0. The highest BCUT2D eigenvalue weighted by atomic mass is 19.4. The van der Waals surface area contributed by atoms with Crippen LogP contribution in [0.4, 0.5) is 23.2 Å². The molecule has 1 spiro atoms. The molecule has 1 heterocycles. The number of hydrogen-bond acceptors (Lipinski definition) is 3. The molecule has 5 nitrogen and oxygen atoms in total. The lowest BCUT2D eigenvalue weighted by Crippen LogP contribution is -2.41. The second-order valence-electron chi connectivity index (χ2n) is 7.53. The monoisotopic (exact) mass is 423 g/mol. The van der Waals surface area contributed by atoms with Crippen molar-refractivity contribution in [2.24, 2.45) is 0 Å². The van der Waals surface area contributed by atoms with E-state index in [4.69, 9.17) is 4.74 Å². The summed E-state index contributed by atoms with van der Waals surface area (Å²) in [5.41, 5.74) is -1.11. The average Bonchev–Trinajstić information content (AvgIpc) is 2.95. The molecule has 0 unspecified atom stereocenters. The van der Waals surface area contributed by atoms with E-state index < -0.39 is 40.8 Å². The van der Waals surface area contributed by atoms with E-state index in [1.807, 2.05) is 0 Å². The van der Waals surface area contributed by atoms with Gasteiger partial charge in [-0.1, -0.05) is 6.07 Å². The van der Waals surface area contributed by atoms with Crippen molar-refractivity contribution >= 4 is 17.6 Å². The van der Waals surface area contributed by atoms with E-state index in [2.05, 4.69) is 5.32 Å². The Kier molecular flexibility index (Phi) is 4.71. The Hall–Kier alpha value is -3.10. The van der Waals surface area contributed by atoms with Crippen LogP contribution in [-0.4, -0.2) is 23.1 Å². The summed E-state index contributed by atoms with van der Waals surface area (Å²) in [4.78, 5) is 24.0. The quantitative estimate of drug-likeness (QED) is 0.699. The van der Waals surface area contributed by atoms with Crippen molar-refractivity contribution in [1.29, 1.82) is 0 Å². The molecule has 2 N–H and O–H groups in total. The molecule has 2 aliphatic rings. The topological polar surface area (TPSA) is 75.6 Å². The minimum Gasteiger partial charge on any atom is -0.487 e. The molecule has 2 aromatic carbocycles. The number of carboxylic acids is 1. The zero-order valence-electron chi connectivity index (χ0n) is 15.6. The van der Waals surface area contributed by atoms with Crippen molar-refractivity contribution in [1.82, 2.24) is 0 Å². The Morgan fingerprint density at radius 3 is 2.50 bits per heavy atom. The number of alkyl halides is 3. The molecule has 0 saturated heterocycles. The molecule has 0 atom stereocenters. The van der Waals surface area contributed by atoms with Crippen molar-refractivity contribution in [3.63, 3.8) is 0 Å². The summed E-state index contributed by atoms with van der Waals surface area (Å²) in [5, 5.41) is 12.0. The maximum absolute atomic E-state index is 14.2. The first-order chi connectivity index (χ1) is 14.1. The fraction of sp³-hybridized carbons (Fsp3) is 0.333. The molecule has 30 heavy (non-hydrogen) atoms. The first kappa shape index (κ1) is 20.2. The molecule has 4 rings (SSSR count). The van der Waals surface area contributed by atoms with Gasteiger partial charge >= 0.3 is 12.1 Å². The number of anilines is 1. The lowest BCUT2D eigenvalue weighted by molar-refractivity contribution is -0.140. The van der Waals surface area contributed by atoms with E-state index >= 15 is 0 Å². The van der Waals surface area contributed by atoms with E-state index in [-0.39, 0.29) is 11.5 Å². The number of ether oxygens (including phenoxy) is 1. The fourth-order valence-corrected chi connectivity index (χ4v) is 4.25. The lowest BCUT2D eigenvalue weighted by Gasteiger charge is -2.36. The number of nitrogens with one attached hydrogen (secondary N) is 1. The van der Waals surface area contributed by atoms with Crippen LogP contribution < -0.4 is 10.1 Å². The fourth-order valence-electron chi connectivity index (χ4n) is 4.25. The predicted octanol–water partition coefficient (Wildman–Crippen LogP) is 4.75. The van der Waals surface area contributed by atoms with Gasteiger partial charge in [-0.05, 0) is 61.6 Å². The van der Waals surface area contributed by atoms with Gasteiger partial charge in [0.1, 0.15) is 0 Å². The van der Waals surface area contributed by atoms with Gasteiger partial charge < -0.3 is 15.2 Å². The van der Waals surface area contributed by atoms with E-state index in [1.165, 1.54) is 12.1 Å². The molecule has 1 amide bonds. The van der Waals surface area contributed by atoms with E-state index in [0.29, 0.717) is 43.0 Å². The van der Waals surface area contributed by atoms with Gasteiger partial charge in [0.2, 0.25) is 5.91 Å². The summed E-state index contributed by atoms with van der Waals surface area (Å²) in [6.07, 6.45) is -4.17. The van der Waals surface area contributed by atoms with Crippen LogP contribution in [0.2, 0.25) is 0 Å². The first-order valence-corrected chi connectivity index (χ1v) is 9.33. The number of aromatic carboxylic acids is 1. The molecule has 1 aliphatic heterocycles. The van der Waals surface area contributed by atoms with Gasteiger partial charge in [-0.15, -0.1) is 0 Å². The summed E-state index contributed by atoms with van der Waals surface area (Å²) < 4.78 is 58.4. The number of rotatable bonds is 3. The Labute approximate surface area is 168 Å². The van der Waals surface area contributed by atoms with Crippen molar-refractivity contribution < 1.29 is 37.0 Å². The van der Waals surface area contributed by atoms with Crippen molar-refractivity contribution in [2.75, 3.05) is 5.32 Å². The van der Waals surface area contributed by atoms with Gasteiger partial charge in [0, 0.05) is 5.69 Å². The van der Waals surface area contributed by atoms with Crippen molar-refractivity contribution in [3.8, 4) is 5.75 Å². The first-order valence-electron chi connectivity index (χ1n) is 9.33. The smallest absolute Gasteiger partial charge is 0.419 e. The van der Waals surface area contributed by atoms with Gasteiger partial charge in [-0.3, -0.25) is 4.79 Å². The average molecular weight is 423 g/mol. The van der Waals surface area contributed by atoms with Crippen LogP contribution in [0, 0.1) is 5.82 Å². The summed E-state index contributed by atoms with van der Waals surface area (Å²) in [6, 6.07) is 7.31. The number of amides is 1. The zero-order valence-corrected chi connectivity index (χ0v) is 15.6. The molecule has 1 saturated carbocycles. The van der Waals surface area contributed by atoms with Crippen LogP contribution in [0.3, 0.4) is 0 Å². The van der Waals surface area contributed by atoms with E-state index in [9.17, 15) is 32.3 Å². The number of hydrogen-bond donors (Lipinski definition) is 2. The number of carboxylic acid groups (broad SMARTS) is 1. The van der Waals surface area contributed by atoms with Crippen LogP contribution in [0.5, 0.6) is 5.75 Å². The van der Waals surface area contributed by atoms with E-state index in [0.717, 1.165) is 12.1 Å². The van der Waals surface area contributed by atoms with Crippen LogP contribution in [-0.2, 0) is 16.4 Å². The molecule has 0 bridgehead atoms. The normalized spacial score (nSPS) is 23.2. The minimum absolute atomic E-state index is 0.0639. The van der Waals surface area contributed by atoms with Crippen molar-refractivity contribution in [3.05, 3.63) is 58.9 Å². The molecule has 2 aromatic rings. The van der Waals surface area contributed by atoms with Crippen LogP contribution in [0.15, 0.2) is 36.4 Å². The molecule has 0 aromatic heterocycles. The van der Waals surface area contributed by atoms with Gasteiger partial charge in [-0.25, -0.2) is 9.18 Å². The third kappa shape index (κ3) is 3.28. The number of carbonyl (C=O) groups excluding carboxylic acids is 1. The lowest BCUT2D eigenvalue weighted by atomic mass is 9.69. The molecule has 1 aliphatic carbocycles. The van der Waals surface area contributed by atoms with Gasteiger partial charge in [-0.2, -0.15) is 13.2 Å². The zero-order chi connectivity index (χ0) is 21.7. The molecular formula is C21H17F4NO4. The Morgan fingerprint density at radius 2 is 1.87 bits per heavy atom. The molecule has 0 radical (unpaired) electrons. The molecule has 9 heteroatoms. The SMILES string of the molecule is O=C(O)c1ccc2c(c1)[C@]1(CC[C@@H](Oc3cccc(C(F)(F)F)c3F)CC1)C(=O)N2. The third-order valence-electron chi connectivity index (χ3n) is 5.81. The summed E-state index contributed by atoms with van der Waals surface area (Å²) in [6.45, 7) is 0. The minimum atomic E-state index is -4.83.